The molecule has 2 aliphatic rings. The quantitative estimate of drug-likeness (QED) is 0.204. The minimum atomic E-state index is -1.35. The molecule has 2 fully saturated rings. The summed E-state index contributed by atoms with van der Waals surface area (Å²) in [5, 5.41) is 22.8. The molecule has 2 aromatic heterocycles. The van der Waals surface area contributed by atoms with Gasteiger partial charge >= 0.3 is 6.09 Å². The second-order valence-electron chi connectivity index (χ2n) is 13.2. The number of hydrogen-bond acceptors (Lipinski definition) is 7. The Kier molecular flexibility index (Phi) is 9.28. The predicted molar refractivity (Wildman–Crippen MR) is 166 cm³/mol. The fourth-order valence-corrected chi connectivity index (χ4v) is 6.19. The first-order chi connectivity index (χ1) is 20.8. The summed E-state index contributed by atoms with van der Waals surface area (Å²) in [4.78, 5) is 35.5. The van der Waals surface area contributed by atoms with E-state index >= 15 is 0 Å². The first kappa shape index (κ1) is 31.9. The lowest BCUT2D eigenvalue weighted by Gasteiger charge is -2.34. The maximum absolute atomic E-state index is 14.8. The molecule has 3 N–H and O–H groups in total. The highest BCUT2D eigenvalue weighted by molar-refractivity contribution is 6.76. The van der Waals surface area contributed by atoms with E-state index in [9.17, 15) is 24.2 Å². The molecule has 2 amide bonds. The molecule has 5 rings (SSSR count). The Morgan fingerprint density at radius 1 is 1.16 bits per heavy atom. The Morgan fingerprint density at radius 2 is 1.91 bits per heavy atom. The van der Waals surface area contributed by atoms with Gasteiger partial charge in [-0.15, -0.1) is 0 Å². The van der Waals surface area contributed by atoms with Crippen molar-refractivity contribution in [1.82, 2.24) is 24.8 Å². The van der Waals surface area contributed by atoms with E-state index in [0.717, 1.165) is 23.8 Å². The molecule has 238 valence electrons. The maximum atomic E-state index is 14.8. The highest BCUT2D eigenvalue weighted by Crippen LogP contribution is 2.39. The third-order valence-electron chi connectivity index (χ3n) is 8.40. The van der Waals surface area contributed by atoms with Crippen molar-refractivity contribution in [2.45, 2.75) is 77.7 Å². The number of carbonyl (C=O) groups is 2. The number of amides is 2. The van der Waals surface area contributed by atoms with Crippen LogP contribution in [0.2, 0.25) is 25.7 Å². The van der Waals surface area contributed by atoms with E-state index in [2.05, 4.69) is 34.9 Å². The molecule has 1 aromatic carbocycles. The number of hydrogen-bond donors (Lipinski definition) is 3. The minimum Gasteiger partial charge on any atom is -0.492 e. The number of carbonyl (C=O) groups excluding carboxylic acids is 1. The molecule has 44 heavy (non-hydrogen) atoms. The number of piperidine rings is 1. The smallest absolute Gasteiger partial charge is 0.407 e. The lowest BCUT2D eigenvalue weighted by Crippen LogP contribution is -2.55. The SMILES string of the molecule is Cc1cc(-c2ncnc3c(C(=O)N[C@@H]4CCN(C(=O)O)C[C@H]4O)c(C)n(COCC[Si](C)(C)C)c23)c(OCC2CC2)cc1F. The van der Waals surface area contributed by atoms with Gasteiger partial charge in [-0.05, 0) is 56.7 Å². The number of carboxylic acid groups (broad SMARTS) is 1. The molecule has 1 aliphatic carbocycles. The zero-order valence-electron chi connectivity index (χ0n) is 26.0. The van der Waals surface area contributed by atoms with Gasteiger partial charge in [-0.25, -0.2) is 19.2 Å². The Morgan fingerprint density at radius 3 is 2.57 bits per heavy atom. The van der Waals surface area contributed by atoms with E-state index in [1.165, 1.54) is 12.4 Å². The highest BCUT2D eigenvalue weighted by Gasteiger charge is 2.33. The molecule has 0 unspecified atom stereocenters. The summed E-state index contributed by atoms with van der Waals surface area (Å²) in [5.74, 6) is 0.0193. The number of aliphatic hydroxyl groups is 1. The molecular weight excluding hydrogens is 585 g/mol. The maximum Gasteiger partial charge on any atom is 0.407 e. The number of β-amino-alcohol motifs (C(OH)–C–C–N with tert-alkyl or cyclic N) is 1. The van der Waals surface area contributed by atoms with Crippen LogP contribution < -0.4 is 10.1 Å². The summed E-state index contributed by atoms with van der Waals surface area (Å²) in [7, 11) is -1.35. The van der Waals surface area contributed by atoms with Crippen LogP contribution in [0.3, 0.4) is 0 Å². The lowest BCUT2D eigenvalue weighted by molar-refractivity contribution is 0.0391. The number of rotatable bonds is 11. The van der Waals surface area contributed by atoms with Gasteiger partial charge in [0, 0.05) is 38.5 Å². The second-order valence-corrected chi connectivity index (χ2v) is 18.8. The largest absolute Gasteiger partial charge is 0.492 e. The summed E-state index contributed by atoms with van der Waals surface area (Å²) in [6.07, 6.45) is 1.66. The van der Waals surface area contributed by atoms with Gasteiger partial charge in [-0.2, -0.15) is 0 Å². The third kappa shape index (κ3) is 7.05. The summed E-state index contributed by atoms with van der Waals surface area (Å²) < 4.78 is 28.9. The molecule has 0 radical (unpaired) electrons. The normalized spacial score (nSPS) is 18.9. The first-order valence-corrected chi connectivity index (χ1v) is 18.9. The van der Waals surface area contributed by atoms with E-state index in [0.29, 0.717) is 64.0 Å². The van der Waals surface area contributed by atoms with Crippen LogP contribution in [0.5, 0.6) is 5.75 Å². The number of aliphatic hydroxyl groups excluding tert-OH is 1. The number of ether oxygens (including phenoxy) is 2. The first-order valence-electron chi connectivity index (χ1n) is 15.2. The number of nitrogens with one attached hydrogen (secondary N) is 1. The van der Waals surface area contributed by atoms with Crippen molar-refractivity contribution in [2.75, 3.05) is 26.3 Å². The number of halogens is 1. The van der Waals surface area contributed by atoms with E-state index in [4.69, 9.17) is 9.47 Å². The Bertz CT molecular complexity index is 1550. The number of aromatic nitrogens is 3. The molecule has 0 bridgehead atoms. The molecular formula is C31H42FN5O6Si. The van der Waals surface area contributed by atoms with Crippen LogP contribution in [0.4, 0.5) is 9.18 Å². The summed E-state index contributed by atoms with van der Waals surface area (Å²) in [6.45, 7) is 11.6. The van der Waals surface area contributed by atoms with Gasteiger partial charge in [0.25, 0.3) is 5.91 Å². The zero-order chi connectivity index (χ0) is 31.8. The highest BCUT2D eigenvalue weighted by atomic mass is 28.3. The van der Waals surface area contributed by atoms with Crippen molar-refractivity contribution in [1.29, 1.82) is 0 Å². The van der Waals surface area contributed by atoms with E-state index in [-0.39, 0.29) is 32.1 Å². The molecule has 3 aromatic rings. The third-order valence-corrected chi connectivity index (χ3v) is 10.1. The summed E-state index contributed by atoms with van der Waals surface area (Å²) in [5.41, 5.74) is 3.40. The van der Waals surface area contributed by atoms with Gasteiger partial charge in [0.1, 0.15) is 35.8 Å². The number of benzene rings is 1. The van der Waals surface area contributed by atoms with Crippen molar-refractivity contribution < 1.29 is 33.7 Å². The molecule has 13 heteroatoms. The van der Waals surface area contributed by atoms with Crippen molar-refractivity contribution in [3.05, 3.63) is 41.1 Å². The fraction of sp³-hybridized carbons (Fsp3) is 0.548. The predicted octanol–water partition coefficient (Wildman–Crippen LogP) is 4.80. The van der Waals surface area contributed by atoms with E-state index in [1.807, 2.05) is 11.5 Å². The lowest BCUT2D eigenvalue weighted by atomic mass is 10.0. The Balaban J connectivity index is 1.55. The minimum absolute atomic E-state index is 0.0914. The average Bonchev–Trinajstić information content (AvgIpc) is 3.74. The molecule has 0 spiro atoms. The van der Waals surface area contributed by atoms with Crippen LogP contribution in [0.25, 0.3) is 22.3 Å². The second kappa shape index (κ2) is 12.8. The van der Waals surface area contributed by atoms with Crippen LogP contribution in [-0.2, 0) is 11.5 Å². The number of nitrogens with zero attached hydrogens (tertiary/aromatic N) is 4. The molecule has 1 aliphatic heterocycles. The van der Waals surface area contributed by atoms with Crippen LogP contribution in [0, 0.1) is 25.6 Å². The Hall–Kier alpha value is -3.55. The van der Waals surface area contributed by atoms with Crippen LogP contribution in [0.15, 0.2) is 18.5 Å². The van der Waals surface area contributed by atoms with Crippen molar-refractivity contribution >= 4 is 31.1 Å². The summed E-state index contributed by atoms with van der Waals surface area (Å²) >= 11 is 0. The van der Waals surface area contributed by atoms with E-state index in [1.54, 1.807) is 13.0 Å². The van der Waals surface area contributed by atoms with E-state index < -0.39 is 32.2 Å². The van der Waals surface area contributed by atoms with Crippen LogP contribution in [0.1, 0.15) is 40.9 Å². The Labute approximate surface area is 257 Å². The van der Waals surface area contributed by atoms with Crippen LogP contribution in [-0.4, -0.2) is 88.2 Å². The molecule has 3 heterocycles. The van der Waals surface area contributed by atoms with Crippen LogP contribution >= 0.6 is 0 Å². The number of aryl methyl sites for hydroxylation is 1. The summed E-state index contributed by atoms with van der Waals surface area (Å²) in [6, 6.07) is 3.44. The van der Waals surface area contributed by atoms with Crippen molar-refractivity contribution in [3.63, 3.8) is 0 Å². The molecule has 11 nitrogen and oxygen atoms in total. The molecule has 1 saturated heterocycles. The average molecular weight is 628 g/mol. The standard InChI is InChI=1S/C31H42FN5O6Si/c1-18-12-21(25(13-22(18)32)43-15-20-6-7-20)27-29-28(34-16-33-27)26(19(2)37(29)17-42-10-11-44(3,4)5)30(39)35-23-8-9-36(31(40)41)14-24(23)38/h12-13,16,20,23-24,38H,6-11,14-15,17H2,1-5H3,(H,35,39)(H,40,41)/t23-,24-/m1/s1. The van der Waals surface area contributed by atoms with Gasteiger partial charge in [0.05, 0.1) is 36.4 Å². The fourth-order valence-electron chi connectivity index (χ4n) is 5.43. The molecule has 1 saturated carbocycles. The topological polar surface area (TPSA) is 139 Å². The van der Waals surface area contributed by atoms with Gasteiger partial charge in [0.2, 0.25) is 0 Å². The monoisotopic (exact) mass is 627 g/mol. The zero-order valence-corrected chi connectivity index (χ0v) is 27.0. The molecule has 2 atom stereocenters. The van der Waals surface area contributed by atoms with Crippen molar-refractivity contribution in [2.24, 2.45) is 5.92 Å². The number of likely N-dealkylation sites (tertiary alicyclic amines) is 1. The van der Waals surface area contributed by atoms with Gasteiger partial charge in [-0.3, -0.25) is 4.79 Å². The van der Waals surface area contributed by atoms with Gasteiger partial charge in [-0.1, -0.05) is 19.6 Å². The van der Waals surface area contributed by atoms with Crippen molar-refractivity contribution in [3.8, 4) is 17.0 Å². The van der Waals surface area contributed by atoms with Gasteiger partial charge < -0.3 is 34.5 Å². The van der Waals surface area contributed by atoms with Gasteiger partial charge in [0.15, 0.2) is 0 Å². The number of fused-ring (bicyclic) bond motifs is 1.